The molecule has 1 aromatic heterocycles. The Kier molecular flexibility index (Phi) is 3.83. The van der Waals surface area contributed by atoms with E-state index in [0.29, 0.717) is 4.47 Å². The van der Waals surface area contributed by atoms with Crippen molar-refractivity contribution in [3.8, 4) is 0 Å². The van der Waals surface area contributed by atoms with Crippen LogP contribution in [0.1, 0.15) is 12.8 Å². The molecule has 0 amide bonds. The molecule has 94 valence electrons. The molecule has 0 aliphatic carbocycles. The van der Waals surface area contributed by atoms with Crippen LogP contribution in [0.5, 0.6) is 0 Å². The van der Waals surface area contributed by atoms with Gasteiger partial charge in [-0.2, -0.15) is 5.10 Å². The van der Waals surface area contributed by atoms with Crippen molar-refractivity contribution in [2.45, 2.75) is 18.9 Å². The zero-order valence-electron chi connectivity index (χ0n) is 10.0. The molecule has 0 bridgehead atoms. The van der Waals surface area contributed by atoms with Crippen molar-refractivity contribution < 1.29 is 4.74 Å². The van der Waals surface area contributed by atoms with Crippen molar-refractivity contribution in [2.24, 2.45) is 7.05 Å². The summed E-state index contributed by atoms with van der Waals surface area (Å²) in [6.07, 6.45) is 4.16. The Hall–Kier alpha value is -0.880. The number of ether oxygens (including phenoxy) is 1. The first-order valence-corrected chi connectivity index (χ1v) is 6.43. The third-order valence-electron chi connectivity index (χ3n) is 2.97. The summed E-state index contributed by atoms with van der Waals surface area (Å²) >= 11 is 3.33. The van der Waals surface area contributed by atoms with Crippen molar-refractivity contribution in [3.05, 3.63) is 21.0 Å². The monoisotopic (exact) mass is 301 g/mol. The van der Waals surface area contributed by atoms with Gasteiger partial charge in [0.25, 0.3) is 5.56 Å². The fraction of sp³-hybridized carbons (Fsp3) is 0.636. The van der Waals surface area contributed by atoms with Gasteiger partial charge in [0.15, 0.2) is 0 Å². The van der Waals surface area contributed by atoms with E-state index in [0.717, 1.165) is 31.7 Å². The lowest BCUT2D eigenvalue weighted by Crippen LogP contribution is -2.31. The molecule has 1 aliphatic rings. The van der Waals surface area contributed by atoms with E-state index in [1.807, 2.05) is 11.9 Å². The van der Waals surface area contributed by atoms with Gasteiger partial charge in [-0.25, -0.2) is 4.68 Å². The van der Waals surface area contributed by atoms with Gasteiger partial charge in [-0.15, -0.1) is 0 Å². The summed E-state index contributed by atoms with van der Waals surface area (Å²) in [5.74, 6) is 0. The number of aromatic nitrogens is 2. The predicted octanol–water partition coefficient (Wildman–Crippen LogP) is 1.16. The maximum absolute atomic E-state index is 11.7. The van der Waals surface area contributed by atoms with Crippen molar-refractivity contribution in [1.29, 1.82) is 0 Å². The van der Waals surface area contributed by atoms with Gasteiger partial charge >= 0.3 is 0 Å². The summed E-state index contributed by atoms with van der Waals surface area (Å²) in [5, 5.41) is 4.03. The number of aryl methyl sites for hydroxylation is 1. The summed E-state index contributed by atoms with van der Waals surface area (Å²) < 4.78 is 7.44. The molecule has 1 unspecified atom stereocenters. The first-order chi connectivity index (χ1) is 8.09. The second kappa shape index (κ2) is 5.18. The second-order valence-electron chi connectivity index (χ2n) is 4.29. The van der Waals surface area contributed by atoms with Gasteiger partial charge in [-0.05, 0) is 28.8 Å². The zero-order valence-corrected chi connectivity index (χ0v) is 11.6. The molecule has 0 aromatic carbocycles. The van der Waals surface area contributed by atoms with Gasteiger partial charge in [0, 0.05) is 27.2 Å². The molecule has 2 rings (SSSR count). The Balaban J connectivity index is 2.16. The van der Waals surface area contributed by atoms with Crippen LogP contribution in [-0.4, -0.2) is 36.1 Å². The molecule has 0 radical (unpaired) electrons. The fourth-order valence-electron chi connectivity index (χ4n) is 1.96. The van der Waals surface area contributed by atoms with E-state index in [9.17, 15) is 4.79 Å². The maximum atomic E-state index is 11.7. The number of rotatable bonds is 3. The molecule has 1 aliphatic heterocycles. The Morgan fingerprint density at radius 1 is 1.71 bits per heavy atom. The number of halogens is 1. The summed E-state index contributed by atoms with van der Waals surface area (Å²) in [7, 11) is 3.58. The van der Waals surface area contributed by atoms with Gasteiger partial charge in [0.05, 0.1) is 18.0 Å². The van der Waals surface area contributed by atoms with E-state index in [2.05, 4.69) is 21.0 Å². The third kappa shape index (κ3) is 2.69. The van der Waals surface area contributed by atoms with E-state index in [-0.39, 0.29) is 11.7 Å². The minimum absolute atomic E-state index is 0.123. The molecule has 5 nitrogen and oxygen atoms in total. The molecule has 1 fully saturated rings. The molecule has 0 spiro atoms. The quantitative estimate of drug-likeness (QED) is 0.840. The average molecular weight is 302 g/mol. The number of likely N-dealkylation sites (N-methyl/N-ethyl adjacent to an activating group) is 1. The molecule has 1 aromatic rings. The standard InChI is InChI=1S/C11H16BrN3O2/c1-14(7-8-4-3-5-17-8)9-6-13-15(2)11(16)10(9)12/h6,8H,3-5,7H2,1-2H3. The minimum Gasteiger partial charge on any atom is -0.376 e. The topological polar surface area (TPSA) is 47.4 Å². The summed E-state index contributed by atoms with van der Waals surface area (Å²) in [4.78, 5) is 13.7. The van der Waals surface area contributed by atoms with Crippen LogP contribution >= 0.6 is 15.9 Å². The van der Waals surface area contributed by atoms with E-state index >= 15 is 0 Å². The molecular weight excluding hydrogens is 286 g/mol. The van der Waals surface area contributed by atoms with Gasteiger partial charge in [-0.3, -0.25) is 4.79 Å². The van der Waals surface area contributed by atoms with Gasteiger partial charge in [-0.1, -0.05) is 0 Å². The van der Waals surface area contributed by atoms with Crippen LogP contribution in [-0.2, 0) is 11.8 Å². The molecule has 1 atom stereocenters. The highest BCUT2D eigenvalue weighted by atomic mass is 79.9. The number of nitrogens with zero attached hydrogens (tertiary/aromatic N) is 3. The highest BCUT2D eigenvalue weighted by molar-refractivity contribution is 9.10. The normalized spacial score (nSPS) is 19.6. The lowest BCUT2D eigenvalue weighted by atomic mass is 10.2. The van der Waals surface area contributed by atoms with Crippen molar-refractivity contribution in [2.75, 3.05) is 25.1 Å². The number of hydrogen-bond acceptors (Lipinski definition) is 4. The maximum Gasteiger partial charge on any atom is 0.282 e. The van der Waals surface area contributed by atoms with E-state index in [1.54, 1.807) is 13.2 Å². The smallest absolute Gasteiger partial charge is 0.282 e. The van der Waals surface area contributed by atoms with Crippen LogP contribution in [0.3, 0.4) is 0 Å². The van der Waals surface area contributed by atoms with Crippen LogP contribution in [0, 0.1) is 0 Å². The average Bonchev–Trinajstić information content (AvgIpc) is 2.78. The Bertz CT molecular complexity index is 455. The van der Waals surface area contributed by atoms with Crippen LogP contribution in [0.4, 0.5) is 5.69 Å². The fourth-order valence-corrected chi connectivity index (χ4v) is 2.62. The molecule has 2 heterocycles. The van der Waals surface area contributed by atoms with Crippen molar-refractivity contribution in [1.82, 2.24) is 9.78 Å². The highest BCUT2D eigenvalue weighted by Crippen LogP contribution is 2.22. The predicted molar refractivity (Wildman–Crippen MR) is 69.4 cm³/mol. The Labute approximate surface area is 109 Å². The highest BCUT2D eigenvalue weighted by Gasteiger charge is 2.19. The van der Waals surface area contributed by atoms with Crippen LogP contribution < -0.4 is 10.5 Å². The summed E-state index contributed by atoms with van der Waals surface area (Å²) in [6.45, 7) is 1.63. The Morgan fingerprint density at radius 2 is 2.47 bits per heavy atom. The van der Waals surface area contributed by atoms with Crippen LogP contribution in [0.25, 0.3) is 0 Å². The Morgan fingerprint density at radius 3 is 3.12 bits per heavy atom. The van der Waals surface area contributed by atoms with E-state index in [1.165, 1.54) is 4.68 Å². The first kappa shape index (κ1) is 12.6. The number of hydrogen-bond donors (Lipinski definition) is 0. The molecule has 6 heteroatoms. The van der Waals surface area contributed by atoms with Crippen molar-refractivity contribution >= 4 is 21.6 Å². The van der Waals surface area contributed by atoms with Gasteiger partial charge < -0.3 is 9.64 Å². The van der Waals surface area contributed by atoms with Crippen LogP contribution in [0.15, 0.2) is 15.5 Å². The van der Waals surface area contributed by atoms with E-state index in [4.69, 9.17) is 4.74 Å². The first-order valence-electron chi connectivity index (χ1n) is 5.64. The molecule has 0 saturated carbocycles. The molecule has 17 heavy (non-hydrogen) atoms. The van der Waals surface area contributed by atoms with Gasteiger partial charge in [0.1, 0.15) is 4.47 Å². The number of anilines is 1. The third-order valence-corrected chi connectivity index (χ3v) is 3.72. The minimum atomic E-state index is -0.123. The van der Waals surface area contributed by atoms with Gasteiger partial charge in [0.2, 0.25) is 0 Å². The summed E-state index contributed by atoms with van der Waals surface area (Å²) in [5.41, 5.74) is 0.685. The second-order valence-corrected chi connectivity index (χ2v) is 5.08. The molecule has 0 N–H and O–H groups in total. The molecule has 1 saturated heterocycles. The lowest BCUT2D eigenvalue weighted by Gasteiger charge is -2.23. The van der Waals surface area contributed by atoms with E-state index < -0.39 is 0 Å². The largest absolute Gasteiger partial charge is 0.376 e. The summed E-state index contributed by atoms with van der Waals surface area (Å²) in [6, 6.07) is 0. The zero-order chi connectivity index (χ0) is 12.4. The lowest BCUT2D eigenvalue weighted by molar-refractivity contribution is 0.116. The SMILES string of the molecule is CN(CC1CCCO1)c1cnn(C)c(=O)c1Br. The van der Waals surface area contributed by atoms with Crippen molar-refractivity contribution in [3.63, 3.8) is 0 Å². The molecular formula is C11H16BrN3O2. The van der Waals surface area contributed by atoms with Crippen LogP contribution in [0.2, 0.25) is 0 Å².